The first-order chi connectivity index (χ1) is 6.84. The highest BCUT2D eigenvalue weighted by Crippen LogP contribution is 2.24. The van der Waals surface area contributed by atoms with Gasteiger partial charge in [-0.2, -0.15) is 0 Å². The van der Waals surface area contributed by atoms with Crippen LogP contribution < -0.4 is 5.73 Å². The van der Waals surface area contributed by atoms with Crippen molar-refractivity contribution in [2.75, 3.05) is 0 Å². The molecule has 1 heterocycles. The SMILES string of the molecule is NC1CCC(=Cc2ccncc2)CC1. The Morgan fingerprint density at radius 3 is 2.50 bits per heavy atom. The molecule has 1 aromatic rings. The molecule has 1 saturated carbocycles. The lowest BCUT2D eigenvalue weighted by Gasteiger charge is -2.20. The van der Waals surface area contributed by atoms with Gasteiger partial charge in [0.15, 0.2) is 0 Å². The van der Waals surface area contributed by atoms with Crippen molar-refractivity contribution in [2.24, 2.45) is 5.73 Å². The normalized spacial score (nSPS) is 22.1. The van der Waals surface area contributed by atoms with Gasteiger partial charge in [0.1, 0.15) is 0 Å². The highest BCUT2D eigenvalue weighted by atomic mass is 14.6. The number of hydrogen-bond donors (Lipinski definition) is 1. The Labute approximate surface area is 84.9 Å². The molecule has 2 nitrogen and oxygen atoms in total. The largest absolute Gasteiger partial charge is 0.328 e. The van der Waals surface area contributed by atoms with E-state index in [0.717, 1.165) is 25.7 Å². The van der Waals surface area contributed by atoms with E-state index in [9.17, 15) is 0 Å². The fourth-order valence-electron chi connectivity index (χ4n) is 1.85. The third-order valence-electron chi connectivity index (χ3n) is 2.75. The summed E-state index contributed by atoms with van der Waals surface area (Å²) in [5, 5.41) is 0. The van der Waals surface area contributed by atoms with E-state index in [-0.39, 0.29) is 0 Å². The van der Waals surface area contributed by atoms with E-state index < -0.39 is 0 Å². The number of nitrogens with zero attached hydrogens (tertiary/aromatic N) is 1. The van der Waals surface area contributed by atoms with Gasteiger partial charge in [-0.05, 0) is 43.4 Å². The standard InChI is InChI=1S/C12H16N2/c13-12-3-1-10(2-4-12)9-11-5-7-14-8-6-11/h5-9,12H,1-4,13H2. The zero-order valence-corrected chi connectivity index (χ0v) is 8.32. The van der Waals surface area contributed by atoms with Crippen LogP contribution in [0.15, 0.2) is 30.1 Å². The zero-order valence-electron chi connectivity index (χ0n) is 8.32. The lowest BCUT2D eigenvalue weighted by molar-refractivity contribution is 0.514. The average Bonchev–Trinajstić information content (AvgIpc) is 2.23. The summed E-state index contributed by atoms with van der Waals surface area (Å²) in [4.78, 5) is 4.00. The second kappa shape index (κ2) is 4.38. The number of hydrogen-bond acceptors (Lipinski definition) is 2. The molecule has 0 aliphatic heterocycles. The summed E-state index contributed by atoms with van der Waals surface area (Å²) in [7, 11) is 0. The van der Waals surface area contributed by atoms with Crippen LogP contribution in [0.25, 0.3) is 6.08 Å². The van der Waals surface area contributed by atoms with Crippen molar-refractivity contribution in [3.8, 4) is 0 Å². The Bertz CT molecular complexity index is 306. The van der Waals surface area contributed by atoms with Crippen LogP contribution in [0.4, 0.5) is 0 Å². The van der Waals surface area contributed by atoms with Crippen molar-refractivity contribution >= 4 is 6.08 Å². The number of allylic oxidation sites excluding steroid dienone is 1. The van der Waals surface area contributed by atoms with Crippen molar-refractivity contribution < 1.29 is 0 Å². The second-order valence-corrected chi connectivity index (χ2v) is 3.92. The lowest BCUT2D eigenvalue weighted by atomic mass is 9.90. The first kappa shape index (κ1) is 9.41. The van der Waals surface area contributed by atoms with Gasteiger partial charge >= 0.3 is 0 Å². The Hall–Kier alpha value is -1.15. The molecular weight excluding hydrogens is 172 g/mol. The molecule has 0 unspecified atom stereocenters. The first-order valence-corrected chi connectivity index (χ1v) is 5.19. The Kier molecular flexibility index (Phi) is 2.94. The minimum atomic E-state index is 0.421. The number of nitrogens with two attached hydrogens (primary N) is 1. The van der Waals surface area contributed by atoms with Gasteiger partial charge in [-0.3, -0.25) is 4.98 Å². The Morgan fingerprint density at radius 1 is 1.21 bits per heavy atom. The highest BCUT2D eigenvalue weighted by Gasteiger charge is 2.11. The molecule has 14 heavy (non-hydrogen) atoms. The smallest absolute Gasteiger partial charge is 0.0273 e. The summed E-state index contributed by atoms with van der Waals surface area (Å²) in [5.74, 6) is 0. The van der Waals surface area contributed by atoms with Gasteiger partial charge in [0.05, 0.1) is 0 Å². The van der Waals surface area contributed by atoms with Crippen molar-refractivity contribution in [1.82, 2.24) is 4.98 Å². The molecule has 1 aromatic heterocycles. The molecule has 1 fully saturated rings. The van der Waals surface area contributed by atoms with Crippen LogP contribution in [0.1, 0.15) is 31.2 Å². The molecule has 2 N–H and O–H groups in total. The fourth-order valence-corrected chi connectivity index (χ4v) is 1.85. The van der Waals surface area contributed by atoms with Crippen LogP contribution in [-0.4, -0.2) is 11.0 Å². The van der Waals surface area contributed by atoms with E-state index >= 15 is 0 Å². The highest BCUT2D eigenvalue weighted by molar-refractivity contribution is 5.52. The summed E-state index contributed by atoms with van der Waals surface area (Å²) in [6, 6.07) is 4.51. The molecule has 74 valence electrons. The fraction of sp³-hybridized carbons (Fsp3) is 0.417. The van der Waals surface area contributed by atoms with E-state index in [4.69, 9.17) is 5.73 Å². The Morgan fingerprint density at radius 2 is 1.86 bits per heavy atom. The Balaban J connectivity index is 2.05. The summed E-state index contributed by atoms with van der Waals surface area (Å²) in [6.07, 6.45) is 10.5. The van der Waals surface area contributed by atoms with E-state index in [1.165, 1.54) is 11.1 Å². The molecule has 0 bridgehead atoms. The third kappa shape index (κ3) is 2.42. The number of rotatable bonds is 1. The van der Waals surface area contributed by atoms with Crippen LogP contribution in [0.2, 0.25) is 0 Å². The zero-order chi connectivity index (χ0) is 9.80. The lowest BCUT2D eigenvalue weighted by Crippen LogP contribution is -2.23. The number of aromatic nitrogens is 1. The van der Waals surface area contributed by atoms with Gasteiger partial charge in [-0.15, -0.1) is 0 Å². The van der Waals surface area contributed by atoms with Crippen LogP contribution >= 0.6 is 0 Å². The molecule has 1 aliphatic rings. The van der Waals surface area contributed by atoms with E-state index in [2.05, 4.69) is 11.1 Å². The molecule has 1 aliphatic carbocycles. The minimum absolute atomic E-state index is 0.421. The average molecular weight is 188 g/mol. The maximum absolute atomic E-state index is 5.85. The maximum atomic E-state index is 5.85. The number of pyridine rings is 1. The quantitative estimate of drug-likeness (QED) is 0.734. The summed E-state index contributed by atoms with van der Waals surface area (Å²) >= 11 is 0. The monoisotopic (exact) mass is 188 g/mol. The van der Waals surface area contributed by atoms with Gasteiger partial charge in [0.25, 0.3) is 0 Å². The van der Waals surface area contributed by atoms with Gasteiger partial charge in [0, 0.05) is 18.4 Å². The maximum Gasteiger partial charge on any atom is 0.0273 e. The predicted molar refractivity (Wildman–Crippen MR) is 58.7 cm³/mol. The molecule has 0 spiro atoms. The molecule has 2 heteroatoms. The summed E-state index contributed by atoms with van der Waals surface area (Å²) < 4.78 is 0. The topological polar surface area (TPSA) is 38.9 Å². The summed E-state index contributed by atoms with van der Waals surface area (Å²) in [6.45, 7) is 0. The van der Waals surface area contributed by atoms with Crippen LogP contribution in [-0.2, 0) is 0 Å². The van der Waals surface area contributed by atoms with Gasteiger partial charge in [-0.1, -0.05) is 11.6 Å². The van der Waals surface area contributed by atoms with Crippen molar-refractivity contribution in [3.63, 3.8) is 0 Å². The molecule has 0 saturated heterocycles. The summed E-state index contributed by atoms with van der Waals surface area (Å²) in [5.41, 5.74) is 8.63. The molecule has 0 amide bonds. The molecule has 0 radical (unpaired) electrons. The van der Waals surface area contributed by atoms with E-state index in [1.54, 1.807) is 0 Å². The van der Waals surface area contributed by atoms with Crippen LogP contribution in [0.5, 0.6) is 0 Å². The van der Waals surface area contributed by atoms with Crippen LogP contribution in [0, 0.1) is 0 Å². The van der Waals surface area contributed by atoms with Gasteiger partial charge in [-0.25, -0.2) is 0 Å². The molecule has 0 aromatic carbocycles. The molecule has 0 atom stereocenters. The van der Waals surface area contributed by atoms with Gasteiger partial charge in [0.2, 0.25) is 0 Å². The first-order valence-electron chi connectivity index (χ1n) is 5.19. The third-order valence-corrected chi connectivity index (χ3v) is 2.75. The van der Waals surface area contributed by atoms with Crippen LogP contribution in [0.3, 0.4) is 0 Å². The predicted octanol–water partition coefficient (Wildman–Crippen LogP) is 2.37. The molecular formula is C12H16N2. The van der Waals surface area contributed by atoms with Crippen molar-refractivity contribution in [1.29, 1.82) is 0 Å². The second-order valence-electron chi connectivity index (χ2n) is 3.92. The van der Waals surface area contributed by atoms with Crippen molar-refractivity contribution in [3.05, 3.63) is 35.7 Å². The van der Waals surface area contributed by atoms with Crippen molar-refractivity contribution in [2.45, 2.75) is 31.7 Å². The van der Waals surface area contributed by atoms with E-state index in [0.29, 0.717) is 6.04 Å². The van der Waals surface area contributed by atoms with E-state index in [1.807, 2.05) is 24.5 Å². The minimum Gasteiger partial charge on any atom is -0.328 e. The molecule has 2 rings (SSSR count). The van der Waals surface area contributed by atoms with Gasteiger partial charge < -0.3 is 5.73 Å².